The number of aromatic nitrogens is 2. The van der Waals surface area contributed by atoms with Crippen LogP contribution in [0, 0.1) is 0 Å². The molecule has 5 aliphatic heterocycles. The van der Waals surface area contributed by atoms with Crippen LogP contribution < -0.4 is 36.1 Å². The molecular formula is C43H54N10O8. The lowest BCUT2D eigenvalue weighted by Crippen LogP contribution is -2.55. The molecule has 0 saturated carbocycles. The van der Waals surface area contributed by atoms with Crippen LogP contribution in [0.4, 0.5) is 23.0 Å². The molecule has 8 rings (SSSR count). The largest absolute Gasteiger partial charge is 0.495 e. The van der Waals surface area contributed by atoms with Gasteiger partial charge in [-0.2, -0.15) is 0 Å². The summed E-state index contributed by atoms with van der Waals surface area (Å²) in [6, 6.07) is 11.0. The quantitative estimate of drug-likeness (QED) is 0.182. The number of nitrogens with zero attached hydrogens (tertiary/aromatic N) is 6. The van der Waals surface area contributed by atoms with Gasteiger partial charge in [0.1, 0.15) is 17.5 Å². The lowest BCUT2D eigenvalue weighted by atomic mass is 10.0. The summed E-state index contributed by atoms with van der Waals surface area (Å²) < 4.78 is 17.3. The van der Waals surface area contributed by atoms with E-state index in [0.717, 1.165) is 63.1 Å². The highest BCUT2D eigenvalue weighted by atomic mass is 16.5. The number of benzene rings is 2. The number of primary amides is 1. The highest BCUT2D eigenvalue weighted by Crippen LogP contribution is 2.36. The maximum atomic E-state index is 13.4. The molecule has 0 radical (unpaired) electrons. The second kappa shape index (κ2) is 18.3. The van der Waals surface area contributed by atoms with Crippen LogP contribution in [0.5, 0.6) is 11.5 Å². The molecule has 61 heavy (non-hydrogen) atoms. The lowest BCUT2D eigenvalue weighted by molar-refractivity contribution is -0.137. The summed E-state index contributed by atoms with van der Waals surface area (Å²) in [5.41, 5.74) is 9.26. The first kappa shape index (κ1) is 41.7. The molecule has 1 atom stereocenters. The van der Waals surface area contributed by atoms with Crippen molar-refractivity contribution < 1.29 is 38.2 Å². The molecule has 18 nitrogen and oxygen atoms in total. The van der Waals surface area contributed by atoms with Crippen molar-refractivity contribution in [2.45, 2.75) is 76.5 Å². The summed E-state index contributed by atoms with van der Waals surface area (Å²) in [5.74, 6) is -0.0419. The van der Waals surface area contributed by atoms with Crippen LogP contribution in [0.25, 0.3) is 0 Å². The SMILES string of the molecule is CCc1nc(C(N)=O)c(Nc2ccc(N3CCC(N4CCN(C(=O)COc5cccc6c5C(=O)N(C5CCC(=O)NC5=O)C6)CC4)CC3)c(OC)c2)nc1NC1CCOCC1. The smallest absolute Gasteiger partial charge is 0.271 e. The molecule has 5 amide bonds. The molecular weight excluding hydrogens is 785 g/mol. The third-order valence-corrected chi connectivity index (χ3v) is 12.4. The molecule has 1 aromatic heterocycles. The normalized spacial score (nSPS) is 20.3. The van der Waals surface area contributed by atoms with Gasteiger partial charge in [0.05, 0.1) is 24.1 Å². The number of rotatable bonds is 13. The number of nitrogens with two attached hydrogens (primary N) is 1. The zero-order valence-electron chi connectivity index (χ0n) is 34.7. The number of carbonyl (C=O) groups is 5. The maximum absolute atomic E-state index is 13.4. The first-order chi connectivity index (χ1) is 29.6. The fourth-order valence-electron chi connectivity index (χ4n) is 9.02. The summed E-state index contributed by atoms with van der Waals surface area (Å²) in [6.45, 7) is 7.70. The number of aryl methyl sites for hydroxylation is 1. The molecule has 4 fully saturated rings. The van der Waals surface area contributed by atoms with E-state index in [1.165, 1.54) is 4.90 Å². The molecule has 6 heterocycles. The molecule has 4 saturated heterocycles. The topological polar surface area (TPSA) is 214 Å². The first-order valence-corrected chi connectivity index (χ1v) is 21.3. The van der Waals surface area contributed by atoms with Gasteiger partial charge in [0.25, 0.3) is 17.7 Å². The number of nitrogens with one attached hydrogen (secondary N) is 3. The fourth-order valence-corrected chi connectivity index (χ4v) is 9.02. The Bertz CT molecular complexity index is 2160. The number of amides is 5. The number of piperidine rings is 2. The van der Waals surface area contributed by atoms with Crippen molar-refractivity contribution in [3.63, 3.8) is 0 Å². The van der Waals surface area contributed by atoms with E-state index in [1.807, 2.05) is 36.1 Å². The van der Waals surface area contributed by atoms with Gasteiger partial charge in [0.2, 0.25) is 11.8 Å². The number of piperazine rings is 1. The number of carbonyl (C=O) groups excluding carboxylic acids is 5. The minimum absolute atomic E-state index is 0.0763. The van der Waals surface area contributed by atoms with Gasteiger partial charge in [-0.15, -0.1) is 0 Å². The molecule has 3 aromatic rings. The van der Waals surface area contributed by atoms with Gasteiger partial charge >= 0.3 is 0 Å². The number of hydrogen-bond donors (Lipinski definition) is 4. The van der Waals surface area contributed by atoms with E-state index in [1.54, 1.807) is 19.2 Å². The molecule has 2 aromatic carbocycles. The third-order valence-electron chi connectivity index (χ3n) is 12.4. The Morgan fingerprint density at radius 1 is 0.934 bits per heavy atom. The van der Waals surface area contributed by atoms with Gasteiger partial charge in [-0.3, -0.25) is 34.2 Å². The Hall–Kier alpha value is -6.01. The van der Waals surface area contributed by atoms with Gasteiger partial charge in [0.15, 0.2) is 23.9 Å². The lowest BCUT2D eigenvalue weighted by Gasteiger charge is -2.43. The molecule has 5 N–H and O–H groups in total. The molecule has 0 aliphatic carbocycles. The Morgan fingerprint density at radius 3 is 2.41 bits per heavy atom. The predicted octanol–water partition coefficient (Wildman–Crippen LogP) is 2.43. The summed E-state index contributed by atoms with van der Waals surface area (Å²) in [6.07, 6.45) is 4.66. The molecule has 1 unspecified atom stereocenters. The van der Waals surface area contributed by atoms with Crippen LogP contribution in [0.1, 0.15) is 77.6 Å². The van der Waals surface area contributed by atoms with Crippen LogP contribution in [0.3, 0.4) is 0 Å². The van der Waals surface area contributed by atoms with Crippen molar-refractivity contribution in [1.29, 1.82) is 0 Å². The van der Waals surface area contributed by atoms with E-state index in [-0.39, 0.29) is 61.3 Å². The van der Waals surface area contributed by atoms with Crippen LogP contribution in [0.2, 0.25) is 0 Å². The van der Waals surface area contributed by atoms with E-state index < -0.39 is 17.9 Å². The van der Waals surface area contributed by atoms with Gasteiger partial charge in [-0.05, 0) is 62.3 Å². The minimum Gasteiger partial charge on any atom is -0.495 e. The van der Waals surface area contributed by atoms with E-state index in [4.69, 9.17) is 24.9 Å². The summed E-state index contributed by atoms with van der Waals surface area (Å²) >= 11 is 0. The molecule has 18 heteroatoms. The molecule has 0 bridgehead atoms. The summed E-state index contributed by atoms with van der Waals surface area (Å²) in [7, 11) is 1.64. The number of methoxy groups -OCH3 is 1. The monoisotopic (exact) mass is 838 g/mol. The van der Waals surface area contributed by atoms with Crippen molar-refractivity contribution in [2.24, 2.45) is 5.73 Å². The van der Waals surface area contributed by atoms with Crippen molar-refractivity contribution in [2.75, 3.05) is 81.7 Å². The van der Waals surface area contributed by atoms with Crippen molar-refractivity contribution in [3.05, 3.63) is 58.9 Å². The zero-order valence-corrected chi connectivity index (χ0v) is 34.7. The van der Waals surface area contributed by atoms with Crippen LogP contribution >= 0.6 is 0 Å². The summed E-state index contributed by atoms with van der Waals surface area (Å²) in [5, 5.41) is 9.10. The zero-order chi connectivity index (χ0) is 42.6. The van der Waals surface area contributed by atoms with Crippen molar-refractivity contribution in [3.8, 4) is 11.5 Å². The predicted molar refractivity (Wildman–Crippen MR) is 225 cm³/mol. The maximum Gasteiger partial charge on any atom is 0.271 e. The Labute approximate surface area is 354 Å². The average molecular weight is 839 g/mol. The first-order valence-electron chi connectivity index (χ1n) is 21.3. The Balaban J connectivity index is 0.828. The number of ether oxygens (including phenoxy) is 3. The van der Waals surface area contributed by atoms with Crippen molar-refractivity contribution >= 4 is 52.5 Å². The van der Waals surface area contributed by atoms with Crippen LogP contribution in [-0.2, 0) is 32.1 Å². The number of fused-ring (bicyclic) bond motifs is 1. The minimum atomic E-state index is -0.723. The van der Waals surface area contributed by atoms with Gasteiger partial charge in [-0.1, -0.05) is 19.1 Å². The second-order valence-electron chi connectivity index (χ2n) is 16.1. The van der Waals surface area contributed by atoms with Gasteiger partial charge < -0.3 is 45.3 Å². The summed E-state index contributed by atoms with van der Waals surface area (Å²) in [4.78, 5) is 80.9. The van der Waals surface area contributed by atoms with E-state index in [9.17, 15) is 24.0 Å². The Morgan fingerprint density at radius 2 is 1.70 bits per heavy atom. The molecule has 0 spiro atoms. The van der Waals surface area contributed by atoms with Gasteiger partial charge in [-0.25, -0.2) is 9.97 Å². The third kappa shape index (κ3) is 9.05. The Kier molecular flexibility index (Phi) is 12.5. The highest BCUT2D eigenvalue weighted by Gasteiger charge is 2.41. The van der Waals surface area contributed by atoms with Crippen molar-refractivity contribution in [1.82, 2.24) is 30.0 Å². The second-order valence-corrected chi connectivity index (χ2v) is 16.1. The van der Waals surface area contributed by atoms with E-state index in [2.05, 4.69) is 30.7 Å². The molecule has 5 aliphatic rings. The van der Waals surface area contributed by atoms with E-state index >= 15 is 0 Å². The highest BCUT2D eigenvalue weighted by molar-refractivity contribution is 6.06. The standard InChI is InChI=1S/C43H54N10O8/c1-3-30-40(45-27-13-21-60-22-14-27)49-41(38(47-30)39(44)56)46-28-7-8-31(34(23-28)59-2)51-15-11-29(12-16-51)50-17-19-52(20-18-50)36(55)25-61-33-6-4-5-26-24-53(43(58)37(26)33)32-9-10-35(54)48-42(32)57/h4-8,23,27,29,32H,3,9-22,24-25H2,1-2H3,(H2,44,56)(H2,45,46,49)(H,48,54,57). The number of anilines is 4. The number of imide groups is 1. The molecule has 324 valence electrons. The average Bonchev–Trinajstić information content (AvgIpc) is 3.61. The number of hydrogen-bond acceptors (Lipinski definition) is 14. The van der Waals surface area contributed by atoms with E-state index in [0.29, 0.717) is 73.0 Å². The fraction of sp³-hybridized carbons (Fsp3) is 0.512. The van der Waals surface area contributed by atoms with Crippen LogP contribution in [-0.4, -0.2) is 139 Å². The van der Waals surface area contributed by atoms with Crippen LogP contribution in [0.15, 0.2) is 36.4 Å². The van der Waals surface area contributed by atoms with Gasteiger partial charge in [0, 0.05) is 89.3 Å².